The monoisotopic (exact) mass is 272 g/mol. The average Bonchev–Trinajstić information content (AvgIpc) is 2.40. The van der Waals surface area contributed by atoms with Crippen LogP contribution in [-0.4, -0.2) is 45.3 Å². The molecular formula is C13H21ClN2O2. The van der Waals surface area contributed by atoms with E-state index in [4.69, 9.17) is 9.47 Å². The van der Waals surface area contributed by atoms with Crippen LogP contribution in [0.3, 0.4) is 0 Å². The van der Waals surface area contributed by atoms with Crippen molar-refractivity contribution in [2.45, 2.75) is 6.54 Å². The maximum absolute atomic E-state index is 5.41. The van der Waals surface area contributed by atoms with Crippen LogP contribution < -0.4 is 14.8 Å². The van der Waals surface area contributed by atoms with E-state index in [1.165, 1.54) is 5.56 Å². The minimum absolute atomic E-state index is 0. The molecule has 1 saturated heterocycles. The van der Waals surface area contributed by atoms with Gasteiger partial charge in [0, 0.05) is 44.4 Å². The summed E-state index contributed by atoms with van der Waals surface area (Å²) in [7, 11) is 3.38. The molecule has 0 aliphatic carbocycles. The van der Waals surface area contributed by atoms with Gasteiger partial charge in [0.1, 0.15) is 11.5 Å². The number of nitrogens with one attached hydrogen (secondary N) is 1. The highest BCUT2D eigenvalue weighted by Crippen LogP contribution is 2.25. The molecule has 0 saturated carbocycles. The molecule has 0 spiro atoms. The summed E-state index contributed by atoms with van der Waals surface area (Å²) in [5, 5.41) is 3.35. The number of ether oxygens (including phenoxy) is 2. The first-order valence-corrected chi connectivity index (χ1v) is 5.97. The quantitative estimate of drug-likeness (QED) is 0.901. The van der Waals surface area contributed by atoms with Gasteiger partial charge in [-0.25, -0.2) is 0 Å². The molecule has 1 aliphatic heterocycles. The summed E-state index contributed by atoms with van der Waals surface area (Å²) >= 11 is 0. The fraction of sp³-hybridized carbons (Fsp3) is 0.538. The lowest BCUT2D eigenvalue weighted by Crippen LogP contribution is -2.42. The van der Waals surface area contributed by atoms with Crippen LogP contribution in [0.2, 0.25) is 0 Å². The summed E-state index contributed by atoms with van der Waals surface area (Å²) in [6.45, 7) is 5.26. The van der Waals surface area contributed by atoms with Crippen LogP contribution in [0.1, 0.15) is 5.56 Å². The predicted octanol–water partition coefficient (Wildman–Crippen LogP) is 1.53. The zero-order valence-corrected chi connectivity index (χ0v) is 11.8. The first kappa shape index (κ1) is 15.1. The van der Waals surface area contributed by atoms with E-state index in [0.717, 1.165) is 44.2 Å². The van der Waals surface area contributed by atoms with E-state index in [1.807, 2.05) is 12.1 Å². The van der Waals surface area contributed by atoms with E-state index in [1.54, 1.807) is 14.2 Å². The fourth-order valence-corrected chi connectivity index (χ4v) is 2.09. The number of methoxy groups -OCH3 is 2. The van der Waals surface area contributed by atoms with Gasteiger partial charge in [-0.1, -0.05) is 6.07 Å². The number of rotatable bonds is 4. The van der Waals surface area contributed by atoms with Crippen molar-refractivity contribution in [1.29, 1.82) is 0 Å². The Bertz CT molecular complexity index is 368. The second-order valence-electron chi connectivity index (χ2n) is 4.20. The Kier molecular flexibility index (Phi) is 6.25. The molecule has 0 bridgehead atoms. The molecule has 0 aromatic heterocycles. The molecule has 1 heterocycles. The molecule has 1 N–H and O–H groups in total. The van der Waals surface area contributed by atoms with Gasteiger partial charge in [-0.15, -0.1) is 12.4 Å². The molecule has 0 radical (unpaired) electrons. The van der Waals surface area contributed by atoms with Crippen LogP contribution in [-0.2, 0) is 6.54 Å². The van der Waals surface area contributed by atoms with Crippen molar-refractivity contribution < 1.29 is 9.47 Å². The highest BCUT2D eigenvalue weighted by Gasteiger charge is 2.13. The Labute approximate surface area is 115 Å². The molecule has 102 valence electrons. The smallest absolute Gasteiger partial charge is 0.127 e. The van der Waals surface area contributed by atoms with Crippen LogP contribution in [0, 0.1) is 0 Å². The van der Waals surface area contributed by atoms with Crippen molar-refractivity contribution in [2.75, 3.05) is 40.4 Å². The van der Waals surface area contributed by atoms with E-state index in [-0.39, 0.29) is 12.4 Å². The van der Waals surface area contributed by atoms with Gasteiger partial charge in [0.2, 0.25) is 0 Å². The lowest BCUT2D eigenvalue weighted by molar-refractivity contribution is 0.230. The standard InChI is InChI=1S/C13H20N2O2.ClH/c1-16-12-4-3-11(13(9-12)17-2)10-15-7-5-14-6-8-15;/h3-4,9,14H,5-8,10H2,1-2H3;1H. The first-order valence-electron chi connectivity index (χ1n) is 5.97. The molecule has 0 atom stereocenters. The van der Waals surface area contributed by atoms with Gasteiger partial charge in [-0.3, -0.25) is 4.90 Å². The largest absolute Gasteiger partial charge is 0.497 e. The van der Waals surface area contributed by atoms with Crippen LogP contribution in [0.25, 0.3) is 0 Å². The van der Waals surface area contributed by atoms with E-state index in [9.17, 15) is 0 Å². The molecular weight excluding hydrogens is 252 g/mol. The van der Waals surface area contributed by atoms with Crippen LogP contribution in [0.4, 0.5) is 0 Å². The number of benzene rings is 1. The Morgan fingerprint density at radius 1 is 1.17 bits per heavy atom. The third-order valence-electron chi connectivity index (χ3n) is 3.10. The summed E-state index contributed by atoms with van der Waals surface area (Å²) in [6.07, 6.45) is 0. The zero-order chi connectivity index (χ0) is 12.1. The van der Waals surface area contributed by atoms with Crippen molar-refractivity contribution in [3.05, 3.63) is 23.8 Å². The molecule has 4 nitrogen and oxygen atoms in total. The molecule has 1 aromatic carbocycles. The van der Waals surface area contributed by atoms with Gasteiger partial charge >= 0.3 is 0 Å². The molecule has 1 aliphatic rings. The van der Waals surface area contributed by atoms with Crippen molar-refractivity contribution in [3.63, 3.8) is 0 Å². The average molecular weight is 273 g/mol. The molecule has 2 rings (SSSR count). The molecule has 1 aromatic rings. The molecule has 1 fully saturated rings. The summed E-state index contributed by atoms with van der Waals surface area (Å²) in [6, 6.07) is 6.01. The van der Waals surface area contributed by atoms with E-state index in [0.29, 0.717) is 0 Å². The Balaban J connectivity index is 0.00000162. The number of piperazine rings is 1. The number of hydrogen-bond acceptors (Lipinski definition) is 4. The summed E-state index contributed by atoms with van der Waals surface area (Å²) < 4.78 is 10.6. The second-order valence-corrected chi connectivity index (χ2v) is 4.20. The van der Waals surface area contributed by atoms with Crippen LogP contribution >= 0.6 is 12.4 Å². The topological polar surface area (TPSA) is 33.7 Å². The summed E-state index contributed by atoms with van der Waals surface area (Å²) in [5.74, 6) is 1.74. The molecule has 18 heavy (non-hydrogen) atoms. The maximum Gasteiger partial charge on any atom is 0.127 e. The minimum Gasteiger partial charge on any atom is -0.497 e. The minimum atomic E-state index is 0. The number of halogens is 1. The summed E-state index contributed by atoms with van der Waals surface area (Å²) in [4.78, 5) is 2.43. The molecule has 5 heteroatoms. The Hall–Kier alpha value is -0.970. The lowest BCUT2D eigenvalue weighted by Gasteiger charge is -2.27. The van der Waals surface area contributed by atoms with Gasteiger partial charge in [0.05, 0.1) is 14.2 Å². The highest BCUT2D eigenvalue weighted by molar-refractivity contribution is 5.85. The van der Waals surface area contributed by atoms with Gasteiger partial charge in [-0.2, -0.15) is 0 Å². The third kappa shape index (κ3) is 3.77. The van der Waals surface area contributed by atoms with E-state index < -0.39 is 0 Å². The summed E-state index contributed by atoms with van der Waals surface area (Å²) in [5.41, 5.74) is 1.22. The highest BCUT2D eigenvalue weighted by atomic mass is 35.5. The normalized spacial score (nSPS) is 15.9. The van der Waals surface area contributed by atoms with Gasteiger partial charge in [0.25, 0.3) is 0 Å². The molecule has 0 amide bonds. The number of nitrogens with zero attached hydrogens (tertiary/aromatic N) is 1. The predicted molar refractivity (Wildman–Crippen MR) is 74.9 cm³/mol. The number of hydrogen-bond donors (Lipinski definition) is 1. The Morgan fingerprint density at radius 2 is 1.89 bits per heavy atom. The molecule has 0 unspecified atom stereocenters. The van der Waals surface area contributed by atoms with Gasteiger partial charge in [-0.05, 0) is 6.07 Å². The van der Waals surface area contributed by atoms with Crippen LogP contribution in [0.5, 0.6) is 11.5 Å². The van der Waals surface area contributed by atoms with Crippen molar-refractivity contribution in [3.8, 4) is 11.5 Å². The maximum atomic E-state index is 5.41. The first-order chi connectivity index (χ1) is 8.33. The van der Waals surface area contributed by atoms with Crippen molar-refractivity contribution in [2.24, 2.45) is 0 Å². The van der Waals surface area contributed by atoms with Crippen LogP contribution in [0.15, 0.2) is 18.2 Å². The lowest BCUT2D eigenvalue weighted by atomic mass is 10.1. The fourth-order valence-electron chi connectivity index (χ4n) is 2.09. The van der Waals surface area contributed by atoms with E-state index >= 15 is 0 Å². The van der Waals surface area contributed by atoms with Gasteiger partial charge < -0.3 is 14.8 Å². The third-order valence-corrected chi connectivity index (χ3v) is 3.10. The Morgan fingerprint density at radius 3 is 2.50 bits per heavy atom. The SMILES string of the molecule is COc1ccc(CN2CCNCC2)c(OC)c1.Cl. The van der Waals surface area contributed by atoms with Crippen molar-refractivity contribution >= 4 is 12.4 Å². The zero-order valence-electron chi connectivity index (χ0n) is 10.9. The van der Waals surface area contributed by atoms with E-state index in [2.05, 4.69) is 16.3 Å². The second kappa shape index (κ2) is 7.46. The van der Waals surface area contributed by atoms with Gasteiger partial charge in [0.15, 0.2) is 0 Å². The van der Waals surface area contributed by atoms with Crippen molar-refractivity contribution in [1.82, 2.24) is 10.2 Å².